The SMILES string of the molecule is Cl.[C-]#[N+]CCn1c(CCl)nc2ccccc21. The largest absolute Gasteiger partial charge is 0.319 e. The Labute approximate surface area is 105 Å². The number of rotatable bonds is 3. The van der Waals surface area contributed by atoms with E-state index < -0.39 is 0 Å². The van der Waals surface area contributed by atoms with E-state index in [1.54, 1.807) is 0 Å². The first-order valence-electron chi connectivity index (χ1n) is 4.70. The van der Waals surface area contributed by atoms with Crippen LogP contribution in [0.15, 0.2) is 24.3 Å². The molecule has 84 valence electrons. The normalized spacial score (nSPS) is 9.75. The molecular weight excluding hydrogens is 245 g/mol. The van der Waals surface area contributed by atoms with Crippen molar-refractivity contribution in [3.8, 4) is 0 Å². The van der Waals surface area contributed by atoms with E-state index in [0.29, 0.717) is 19.0 Å². The van der Waals surface area contributed by atoms with Crippen LogP contribution in [0.25, 0.3) is 15.9 Å². The van der Waals surface area contributed by atoms with Crippen molar-refractivity contribution in [1.82, 2.24) is 9.55 Å². The van der Waals surface area contributed by atoms with Gasteiger partial charge in [-0.3, -0.25) is 0 Å². The van der Waals surface area contributed by atoms with Crippen molar-refractivity contribution in [3.63, 3.8) is 0 Å². The molecule has 0 radical (unpaired) electrons. The maximum absolute atomic E-state index is 6.80. The molecule has 0 aliphatic rings. The fraction of sp³-hybridized carbons (Fsp3) is 0.273. The van der Waals surface area contributed by atoms with Crippen LogP contribution >= 0.6 is 24.0 Å². The Kier molecular flexibility index (Phi) is 4.60. The van der Waals surface area contributed by atoms with Crippen LogP contribution in [-0.4, -0.2) is 16.1 Å². The number of benzene rings is 1. The Morgan fingerprint density at radius 3 is 2.81 bits per heavy atom. The first-order valence-corrected chi connectivity index (χ1v) is 5.23. The second kappa shape index (κ2) is 5.74. The maximum Gasteiger partial charge on any atom is 0.232 e. The first-order chi connectivity index (χ1) is 7.36. The molecule has 1 heterocycles. The van der Waals surface area contributed by atoms with E-state index in [1.165, 1.54) is 0 Å². The smallest absolute Gasteiger partial charge is 0.232 e. The second-order valence-electron chi connectivity index (χ2n) is 3.18. The van der Waals surface area contributed by atoms with Gasteiger partial charge in [0.15, 0.2) is 0 Å². The van der Waals surface area contributed by atoms with Crippen molar-refractivity contribution in [2.75, 3.05) is 6.54 Å². The summed E-state index contributed by atoms with van der Waals surface area (Å²) < 4.78 is 2.01. The molecule has 0 fully saturated rings. The van der Waals surface area contributed by atoms with Gasteiger partial charge in [0.05, 0.1) is 23.5 Å². The minimum Gasteiger partial charge on any atom is -0.319 e. The Balaban J connectivity index is 0.00000128. The van der Waals surface area contributed by atoms with Crippen molar-refractivity contribution in [2.24, 2.45) is 0 Å². The highest BCUT2D eigenvalue weighted by Gasteiger charge is 2.09. The third-order valence-electron chi connectivity index (χ3n) is 2.29. The summed E-state index contributed by atoms with van der Waals surface area (Å²) in [4.78, 5) is 7.76. The Bertz CT molecular complexity index is 513. The lowest BCUT2D eigenvalue weighted by atomic mass is 10.3. The van der Waals surface area contributed by atoms with Crippen LogP contribution in [-0.2, 0) is 12.4 Å². The van der Waals surface area contributed by atoms with Gasteiger partial charge in [-0.1, -0.05) is 12.1 Å². The van der Waals surface area contributed by atoms with Crippen molar-refractivity contribution < 1.29 is 0 Å². The summed E-state index contributed by atoms with van der Waals surface area (Å²) in [6.45, 7) is 7.92. The summed E-state index contributed by atoms with van der Waals surface area (Å²) in [5, 5.41) is 0. The fourth-order valence-electron chi connectivity index (χ4n) is 1.63. The molecule has 0 unspecified atom stereocenters. The molecule has 3 nitrogen and oxygen atoms in total. The zero-order valence-corrected chi connectivity index (χ0v) is 10.1. The summed E-state index contributed by atoms with van der Waals surface area (Å²) >= 11 is 5.82. The Morgan fingerprint density at radius 1 is 1.38 bits per heavy atom. The highest BCUT2D eigenvalue weighted by Crippen LogP contribution is 2.16. The lowest BCUT2D eigenvalue weighted by Crippen LogP contribution is -2.04. The minimum atomic E-state index is 0. The van der Waals surface area contributed by atoms with Gasteiger partial charge >= 0.3 is 0 Å². The van der Waals surface area contributed by atoms with E-state index in [9.17, 15) is 0 Å². The third kappa shape index (κ3) is 2.29. The zero-order chi connectivity index (χ0) is 10.7. The molecule has 0 N–H and O–H groups in total. The van der Waals surface area contributed by atoms with Crippen LogP contribution in [0.3, 0.4) is 0 Å². The van der Waals surface area contributed by atoms with Crippen LogP contribution in [0, 0.1) is 6.57 Å². The van der Waals surface area contributed by atoms with Crippen LogP contribution in [0.2, 0.25) is 0 Å². The van der Waals surface area contributed by atoms with E-state index in [2.05, 4.69) is 9.83 Å². The van der Waals surface area contributed by atoms with Gasteiger partial charge in [0.2, 0.25) is 6.54 Å². The zero-order valence-electron chi connectivity index (χ0n) is 8.56. The molecule has 1 aromatic carbocycles. The topological polar surface area (TPSA) is 22.2 Å². The molecule has 0 amide bonds. The molecule has 16 heavy (non-hydrogen) atoms. The van der Waals surface area contributed by atoms with Gasteiger partial charge in [-0.25, -0.2) is 11.6 Å². The van der Waals surface area contributed by atoms with Crippen molar-refractivity contribution >= 4 is 35.0 Å². The van der Waals surface area contributed by atoms with E-state index in [1.807, 2.05) is 28.8 Å². The maximum atomic E-state index is 6.80. The summed E-state index contributed by atoms with van der Waals surface area (Å²) in [5.74, 6) is 1.22. The molecule has 0 bridgehead atoms. The number of para-hydroxylation sites is 2. The Hall–Kier alpha value is -1.24. The fourth-order valence-corrected chi connectivity index (χ4v) is 1.83. The van der Waals surface area contributed by atoms with Gasteiger partial charge in [0.1, 0.15) is 5.82 Å². The highest BCUT2D eigenvalue weighted by atomic mass is 35.5. The number of hydrogen-bond acceptors (Lipinski definition) is 1. The van der Waals surface area contributed by atoms with E-state index in [-0.39, 0.29) is 12.4 Å². The van der Waals surface area contributed by atoms with Gasteiger partial charge in [0, 0.05) is 0 Å². The molecule has 0 saturated heterocycles. The van der Waals surface area contributed by atoms with Crippen LogP contribution in [0.5, 0.6) is 0 Å². The number of halogens is 2. The number of nitrogens with zero attached hydrogens (tertiary/aromatic N) is 3. The molecule has 0 spiro atoms. The highest BCUT2D eigenvalue weighted by molar-refractivity contribution is 6.16. The molecule has 0 aliphatic carbocycles. The number of aromatic nitrogens is 2. The monoisotopic (exact) mass is 255 g/mol. The lowest BCUT2D eigenvalue weighted by Gasteiger charge is -2.02. The van der Waals surface area contributed by atoms with E-state index >= 15 is 0 Å². The first kappa shape index (κ1) is 12.8. The predicted octanol–water partition coefficient (Wildman–Crippen LogP) is 3.12. The van der Waals surface area contributed by atoms with Gasteiger partial charge in [-0.15, -0.1) is 24.0 Å². The molecule has 2 aromatic rings. The molecule has 0 aliphatic heterocycles. The average Bonchev–Trinajstić information content (AvgIpc) is 2.64. The summed E-state index contributed by atoms with van der Waals surface area (Å²) in [6, 6.07) is 7.88. The number of imidazole rings is 1. The van der Waals surface area contributed by atoms with Gasteiger partial charge in [-0.2, -0.15) is 0 Å². The van der Waals surface area contributed by atoms with Crippen LogP contribution < -0.4 is 0 Å². The molecular formula is C11H11Cl2N3. The molecule has 0 atom stereocenters. The number of alkyl halides is 1. The summed E-state index contributed by atoms with van der Waals surface area (Å²) in [6.07, 6.45) is 0. The quantitative estimate of drug-likeness (QED) is 0.611. The van der Waals surface area contributed by atoms with Crippen molar-refractivity contribution in [3.05, 3.63) is 41.5 Å². The van der Waals surface area contributed by atoms with Gasteiger partial charge in [0.25, 0.3) is 0 Å². The second-order valence-corrected chi connectivity index (χ2v) is 3.45. The van der Waals surface area contributed by atoms with Gasteiger partial charge < -0.3 is 9.41 Å². The standard InChI is InChI=1S/C11H10ClN3.ClH/c1-13-6-7-15-10-5-3-2-4-9(10)14-11(15)8-12;/h2-5H,6-8H2;1H. The average molecular weight is 256 g/mol. The van der Waals surface area contributed by atoms with Gasteiger partial charge in [-0.05, 0) is 12.1 Å². The Morgan fingerprint density at radius 2 is 2.12 bits per heavy atom. The molecule has 2 rings (SSSR count). The molecule has 5 heteroatoms. The number of fused-ring (bicyclic) bond motifs is 1. The summed E-state index contributed by atoms with van der Waals surface area (Å²) in [5.41, 5.74) is 2.00. The predicted molar refractivity (Wildman–Crippen MR) is 68.0 cm³/mol. The minimum absolute atomic E-state index is 0. The molecule has 0 saturated carbocycles. The number of hydrogen-bond donors (Lipinski definition) is 0. The van der Waals surface area contributed by atoms with E-state index in [4.69, 9.17) is 18.2 Å². The van der Waals surface area contributed by atoms with Crippen molar-refractivity contribution in [2.45, 2.75) is 12.4 Å². The van der Waals surface area contributed by atoms with Crippen molar-refractivity contribution in [1.29, 1.82) is 0 Å². The summed E-state index contributed by atoms with van der Waals surface area (Å²) in [7, 11) is 0. The molecule has 1 aromatic heterocycles. The lowest BCUT2D eigenvalue weighted by molar-refractivity contribution is 0.731. The van der Waals surface area contributed by atoms with Crippen LogP contribution in [0.1, 0.15) is 5.82 Å². The third-order valence-corrected chi connectivity index (χ3v) is 2.53. The van der Waals surface area contributed by atoms with E-state index in [0.717, 1.165) is 16.9 Å². The van der Waals surface area contributed by atoms with Crippen LogP contribution in [0.4, 0.5) is 0 Å².